The van der Waals surface area contributed by atoms with Crippen LogP contribution < -0.4 is 10.1 Å². The van der Waals surface area contributed by atoms with Crippen molar-refractivity contribution in [2.24, 2.45) is 0 Å². The molecular formula is C27H24BrIN2O2. The summed E-state index contributed by atoms with van der Waals surface area (Å²) in [7, 11) is 0. The highest BCUT2D eigenvalue weighted by Crippen LogP contribution is 2.32. The lowest BCUT2D eigenvalue weighted by atomic mass is 10.0. The van der Waals surface area contributed by atoms with E-state index in [2.05, 4.69) is 49.9 Å². The van der Waals surface area contributed by atoms with Crippen LogP contribution >= 0.6 is 38.5 Å². The molecule has 0 aromatic heterocycles. The topological polar surface area (TPSA) is 62.1 Å². The molecule has 0 bridgehead atoms. The maximum atomic E-state index is 12.8. The number of carbonyl (C=O) groups is 1. The SMILES string of the molecule is CCOc1cc(/C=C(\C#N)C(=O)Nc2cc(C)ccc2C)cc(I)c1Cc1ccccc1Br. The number of anilines is 1. The fourth-order valence-electron chi connectivity index (χ4n) is 3.38. The van der Waals surface area contributed by atoms with Crippen LogP contribution in [0.2, 0.25) is 0 Å². The van der Waals surface area contributed by atoms with Crippen LogP contribution in [0, 0.1) is 28.7 Å². The van der Waals surface area contributed by atoms with Crippen molar-refractivity contribution in [1.82, 2.24) is 0 Å². The third kappa shape index (κ3) is 6.46. The van der Waals surface area contributed by atoms with Gasteiger partial charge < -0.3 is 10.1 Å². The van der Waals surface area contributed by atoms with E-state index in [0.717, 1.165) is 41.6 Å². The molecule has 1 amide bonds. The van der Waals surface area contributed by atoms with Crippen molar-refractivity contribution in [3.63, 3.8) is 0 Å². The fourth-order valence-corrected chi connectivity index (χ4v) is 4.62. The molecule has 3 aromatic rings. The Labute approximate surface area is 216 Å². The maximum absolute atomic E-state index is 12.8. The lowest BCUT2D eigenvalue weighted by molar-refractivity contribution is -0.112. The average molecular weight is 615 g/mol. The standard InChI is InChI=1S/C27H24BrIN2O2/c1-4-33-26-14-19(13-24(29)22(26)15-20-7-5-6-8-23(20)28)12-21(16-30)27(32)31-25-11-17(2)9-10-18(25)3/h5-14H,4,15H2,1-3H3,(H,31,32)/b21-12+. The molecule has 3 aromatic carbocycles. The lowest BCUT2D eigenvalue weighted by Gasteiger charge is -2.15. The molecule has 168 valence electrons. The van der Waals surface area contributed by atoms with Gasteiger partial charge in [0.1, 0.15) is 17.4 Å². The monoisotopic (exact) mass is 614 g/mol. The average Bonchev–Trinajstić information content (AvgIpc) is 2.78. The molecule has 0 radical (unpaired) electrons. The van der Waals surface area contributed by atoms with Gasteiger partial charge in [0.15, 0.2) is 0 Å². The summed E-state index contributed by atoms with van der Waals surface area (Å²) in [6, 6.07) is 19.8. The first-order valence-electron chi connectivity index (χ1n) is 10.5. The van der Waals surface area contributed by atoms with Crippen LogP contribution in [0.4, 0.5) is 5.69 Å². The summed E-state index contributed by atoms with van der Waals surface area (Å²) in [5.41, 5.74) is 5.68. The molecule has 0 unspecified atom stereocenters. The summed E-state index contributed by atoms with van der Waals surface area (Å²) in [6.45, 7) is 6.34. The fraction of sp³-hybridized carbons (Fsp3) is 0.185. The van der Waals surface area contributed by atoms with Crippen LogP contribution in [0.25, 0.3) is 6.08 Å². The number of hydrogen-bond donors (Lipinski definition) is 1. The maximum Gasteiger partial charge on any atom is 0.266 e. The zero-order valence-corrected chi connectivity index (χ0v) is 22.5. The van der Waals surface area contributed by atoms with Gasteiger partial charge in [0.05, 0.1) is 6.61 Å². The van der Waals surface area contributed by atoms with Crippen molar-refractivity contribution in [1.29, 1.82) is 5.26 Å². The number of benzene rings is 3. The zero-order valence-electron chi connectivity index (χ0n) is 18.7. The number of aryl methyl sites for hydroxylation is 2. The summed E-state index contributed by atoms with van der Waals surface area (Å²) in [5.74, 6) is 0.315. The van der Waals surface area contributed by atoms with Gasteiger partial charge in [-0.25, -0.2) is 0 Å². The Bertz CT molecular complexity index is 1260. The van der Waals surface area contributed by atoms with E-state index in [1.54, 1.807) is 6.08 Å². The van der Waals surface area contributed by atoms with E-state index in [1.165, 1.54) is 0 Å². The van der Waals surface area contributed by atoms with E-state index >= 15 is 0 Å². The molecule has 0 saturated carbocycles. The number of amides is 1. The van der Waals surface area contributed by atoms with Crippen LogP contribution in [0.15, 0.2) is 64.6 Å². The third-order valence-corrected chi connectivity index (χ3v) is 6.86. The van der Waals surface area contributed by atoms with Crippen LogP contribution in [-0.2, 0) is 11.2 Å². The lowest BCUT2D eigenvalue weighted by Crippen LogP contribution is -2.14. The molecule has 0 aliphatic heterocycles. The molecule has 6 heteroatoms. The largest absolute Gasteiger partial charge is 0.494 e. The van der Waals surface area contributed by atoms with Crippen LogP contribution in [0.1, 0.15) is 34.7 Å². The molecule has 4 nitrogen and oxygen atoms in total. The van der Waals surface area contributed by atoms with Crippen LogP contribution in [-0.4, -0.2) is 12.5 Å². The zero-order chi connectivity index (χ0) is 24.0. The quantitative estimate of drug-likeness (QED) is 0.174. The van der Waals surface area contributed by atoms with E-state index in [4.69, 9.17) is 4.74 Å². The van der Waals surface area contributed by atoms with Crippen molar-refractivity contribution in [3.8, 4) is 11.8 Å². The number of ether oxygens (including phenoxy) is 1. The van der Waals surface area contributed by atoms with E-state index in [9.17, 15) is 10.1 Å². The highest BCUT2D eigenvalue weighted by molar-refractivity contribution is 14.1. The van der Waals surface area contributed by atoms with E-state index in [-0.39, 0.29) is 5.57 Å². The second-order valence-corrected chi connectivity index (χ2v) is 9.64. The number of halogens is 2. The van der Waals surface area contributed by atoms with Gasteiger partial charge in [-0.3, -0.25) is 4.79 Å². The molecule has 1 N–H and O–H groups in total. The second kappa shape index (κ2) is 11.5. The van der Waals surface area contributed by atoms with E-state index < -0.39 is 5.91 Å². The first-order chi connectivity index (χ1) is 15.8. The molecule has 33 heavy (non-hydrogen) atoms. The molecule has 0 aliphatic rings. The number of nitrogens with one attached hydrogen (secondary N) is 1. The van der Waals surface area contributed by atoms with Gasteiger partial charge in [-0.2, -0.15) is 5.26 Å². The Morgan fingerprint density at radius 1 is 1.18 bits per heavy atom. The molecule has 0 saturated heterocycles. The molecular weight excluding hydrogens is 591 g/mol. The summed E-state index contributed by atoms with van der Waals surface area (Å²) < 4.78 is 7.99. The Kier molecular flexibility index (Phi) is 8.70. The van der Waals surface area contributed by atoms with Crippen LogP contribution in [0.5, 0.6) is 5.75 Å². The van der Waals surface area contributed by atoms with Crippen molar-refractivity contribution >= 4 is 56.2 Å². The predicted molar refractivity (Wildman–Crippen MR) is 145 cm³/mol. The van der Waals surface area contributed by atoms with Gasteiger partial charge >= 0.3 is 0 Å². The van der Waals surface area contributed by atoms with E-state index in [1.807, 2.05) is 75.4 Å². The number of rotatable bonds is 7. The number of nitriles is 1. The minimum absolute atomic E-state index is 0.0349. The number of carbonyl (C=O) groups excluding carboxylic acids is 1. The summed E-state index contributed by atoms with van der Waals surface area (Å²) in [5, 5.41) is 12.5. The molecule has 3 rings (SSSR count). The highest BCUT2D eigenvalue weighted by atomic mass is 127. The number of hydrogen-bond acceptors (Lipinski definition) is 3. The normalized spacial score (nSPS) is 11.1. The highest BCUT2D eigenvalue weighted by Gasteiger charge is 2.15. The summed E-state index contributed by atoms with van der Waals surface area (Å²) in [4.78, 5) is 12.8. The van der Waals surface area contributed by atoms with Crippen LogP contribution in [0.3, 0.4) is 0 Å². The summed E-state index contributed by atoms with van der Waals surface area (Å²) >= 11 is 5.90. The van der Waals surface area contributed by atoms with Gasteiger partial charge in [0, 0.05) is 25.7 Å². The first kappa shape index (κ1) is 25.0. The minimum Gasteiger partial charge on any atom is -0.494 e. The molecule has 0 heterocycles. The third-order valence-electron chi connectivity index (χ3n) is 5.12. The minimum atomic E-state index is -0.434. The Hall–Kier alpha value is -2.63. The van der Waals surface area contributed by atoms with Gasteiger partial charge in [-0.1, -0.05) is 46.3 Å². The second-order valence-electron chi connectivity index (χ2n) is 7.62. The summed E-state index contributed by atoms with van der Waals surface area (Å²) in [6.07, 6.45) is 2.31. The number of nitrogens with zero attached hydrogens (tertiary/aromatic N) is 1. The van der Waals surface area contributed by atoms with Crippen molar-refractivity contribution in [2.75, 3.05) is 11.9 Å². The molecule has 0 fully saturated rings. The molecule has 0 aliphatic carbocycles. The predicted octanol–water partition coefficient (Wildman–Crippen LogP) is 7.21. The van der Waals surface area contributed by atoms with Gasteiger partial charge in [-0.05, 0) is 96.0 Å². The van der Waals surface area contributed by atoms with E-state index in [0.29, 0.717) is 18.7 Å². The van der Waals surface area contributed by atoms with Crippen molar-refractivity contribution in [2.45, 2.75) is 27.2 Å². The Balaban J connectivity index is 1.94. The van der Waals surface area contributed by atoms with Gasteiger partial charge in [0.2, 0.25) is 0 Å². The smallest absolute Gasteiger partial charge is 0.266 e. The van der Waals surface area contributed by atoms with Crippen molar-refractivity contribution in [3.05, 3.63) is 96.0 Å². The molecule has 0 spiro atoms. The van der Waals surface area contributed by atoms with Gasteiger partial charge in [0.25, 0.3) is 5.91 Å². The van der Waals surface area contributed by atoms with Crippen molar-refractivity contribution < 1.29 is 9.53 Å². The molecule has 0 atom stereocenters. The Morgan fingerprint density at radius 2 is 1.94 bits per heavy atom. The first-order valence-corrected chi connectivity index (χ1v) is 12.4. The van der Waals surface area contributed by atoms with Gasteiger partial charge in [-0.15, -0.1) is 0 Å². The Morgan fingerprint density at radius 3 is 2.64 bits per heavy atom.